The smallest absolute Gasteiger partial charge is 0.165 e. The van der Waals surface area contributed by atoms with Gasteiger partial charge in [0.05, 0.1) is 11.0 Å². The molecular formula is C36H24N4. The summed E-state index contributed by atoms with van der Waals surface area (Å²) in [5.74, 6) is 0.878. The van der Waals surface area contributed by atoms with Gasteiger partial charge in [0.25, 0.3) is 0 Å². The summed E-state index contributed by atoms with van der Waals surface area (Å²) in [4.78, 5) is 10.00. The SMILES string of the molecule is c1ccc(-c2nc3c(-c4ccc(-n5c6ccccc6c6ccccc65)cc4)ccnc3n2-c2ccccc2)cc1. The predicted molar refractivity (Wildman–Crippen MR) is 164 cm³/mol. The summed E-state index contributed by atoms with van der Waals surface area (Å²) < 4.78 is 4.49. The van der Waals surface area contributed by atoms with E-state index in [1.54, 1.807) is 0 Å². The van der Waals surface area contributed by atoms with E-state index in [2.05, 4.69) is 112 Å². The number of benzene rings is 5. The fourth-order valence-electron chi connectivity index (χ4n) is 5.80. The van der Waals surface area contributed by atoms with Gasteiger partial charge in [-0.05, 0) is 48.0 Å². The molecule has 0 bridgehead atoms. The first-order chi connectivity index (χ1) is 19.9. The van der Waals surface area contributed by atoms with E-state index in [0.717, 1.165) is 45.1 Å². The van der Waals surface area contributed by atoms with Crippen LogP contribution in [0.4, 0.5) is 0 Å². The van der Waals surface area contributed by atoms with Crippen molar-refractivity contribution < 1.29 is 0 Å². The summed E-state index contributed by atoms with van der Waals surface area (Å²) >= 11 is 0. The summed E-state index contributed by atoms with van der Waals surface area (Å²) in [5, 5.41) is 2.52. The highest BCUT2D eigenvalue weighted by molar-refractivity contribution is 6.09. The van der Waals surface area contributed by atoms with Crippen molar-refractivity contribution in [1.82, 2.24) is 19.1 Å². The zero-order valence-corrected chi connectivity index (χ0v) is 21.6. The minimum absolute atomic E-state index is 0.842. The normalized spacial score (nSPS) is 11.5. The molecular weight excluding hydrogens is 488 g/mol. The zero-order chi connectivity index (χ0) is 26.5. The van der Waals surface area contributed by atoms with Crippen LogP contribution in [-0.4, -0.2) is 19.1 Å². The third kappa shape index (κ3) is 3.47. The molecule has 4 heteroatoms. The van der Waals surface area contributed by atoms with E-state index in [4.69, 9.17) is 9.97 Å². The average Bonchev–Trinajstić information content (AvgIpc) is 3.59. The van der Waals surface area contributed by atoms with E-state index < -0.39 is 0 Å². The van der Waals surface area contributed by atoms with Gasteiger partial charge in [-0.1, -0.05) is 97.1 Å². The Morgan fingerprint density at radius 1 is 0.450 bits per heavy atom. The van der Waals surface area contributed by atoms with Crippen LogP contribution in [0.15, 0.2) is 146 Å². The number of aromatic nitrogens is 4. The van der Waals surface area contributed by atoms with Gasteiger partial charge in [-0.15, -0.1) is 0 Å². The molecule has 0 amide bonds. The van der Waals surface area contributed by atoms with Gasteiger partial charge in [0, 0.05) is 39.5 Å². The van der Waals surface area contributed by atoms with Gasteiger partial charge in [0.15, 0.2) is 5.65 Å². The van der Waals surface area contributed by atoms with Crippen LogP contribution in [0, 0.1) is 0 Å². The molecule has 3 heterocycles. The molecule has 8 rings (SSSR count). The van der Waals surface area contributed by atoms with Crippen LogP contribution in [0.2, 0.25) is 0 Å². The third-order valence-electron chi connectivity index (χ3n) is 7.61. The van der Waals surface area contributed by atoms with E-state index >= 15 is 0 Å². The molecule has 0 aliphatic carbocycles. The second-order valence-electron chi connectivity index (χ2n) is 9.92. The molecule has 0 atom stereocenters. The summed E-state index contributed by atoms with van der Waals surface area (Å²) in [6.45, 7) is 0. The van der Waals surface area contributed by atoms with Crippen molar-refractivity contribution in [2.45, 2.75) is 0 Å². The highest BCUT2D eigenvalue weighted by Gasteiger charge is 2.19. The van der Waals surface area contributed by atoms with Crippen LogP contribution in [0.1, 0.15) is 0 Å². The van der Waals surface area contributed by atoms with E-state index in [1.165, 1.54) is 21.8 Å². The van der Waals surface area contributed by atoms with Gasteiger partial charge in [-0.2, -0.15) is 0 Å². The first kappa shape index (κ1) is 22.5. The van der Waals surface area contributed by atoms with Gasteiger partial charge >= 0.3 is 0 Å². The monoisotopic (exact) mass is 512 g/mol. The molecule has 40 heavy (non-hydrogen) atoms. The molecule has 4 nitrogen and oxygen atoms in total. The molecule has 0 aliphatic rings. The fraction of sp³-hybridized carbons (Fsp3) is 0. The molecule has 0 spiro atoms. The molecule has 8 aromatic rings. The number of imidazole rings is 1. The number of hydrogen-bond acceptors (Lipinski definition) is 2. The fourth-order valence-corrected chi connectivity index (χ4v) is 5.80. The van der Waals surface area contributed by atoms with E-state index in [-0.39, 0.29) is 0 Å². The quantitative estimate of drug-likeness (QED) is 0.236. The number of fused-ring (bicyclic) bond motifs is 4. The molecule has 0 fully saturated rings. The lowest BCUT2D eigenvalue weighted by Gasteiger charge is -2.10. The van der Waals surface area contributed by atoms with Crippen LogP contribution in [0.5, 0.6) is 0 Å². The Bertz CT molecular complexity index is 2080. The number of nitrogens with zero attached hydrogens (tertiary/aromatic N) is 4. The minimum atomic E-state index is 0.842. The maximum absolute atomic E-state index is 5.19. The number of para-hydroxylation sites is 3. The molecule has 0 saturated heterocycles. The van der Waals surface area contributed by atoms with Gasteiger partial charge in [0.1, 0.15) is 11.3 Å². The molecule has 5 aromatic carbocycles. The van der Waals surface area contributed by atoms with Gasteiger partial charge in [-0.25, -0.2) is 9.97 Å². The van der Waals surface area contributed by atoms with Crippen LogP contribution >= 0.6 is 0 Å². The molecule has 188 valence electrons. The van der Waals surface area contributed by atoms with Crippen LogP contribution < -0.4 is 0 Å². The standard InChI is InChI=1S/C36H24N4/c1-3-11-26(12-4-1)35-38-34-29(23-24-37-36(34)40(35)27-13-5-2-6-14-27)25-19-21-28(22-20-25)39-32-17-9-7-15-30(32)31-16-8-10-18-33(31)39/h1-24H. The largest absolute Gasteiger partial charge is 0.309 e. The first-order valence-electron chi connectivity index (χ1n) is 13.4. The van der Waals surface area contributed by atoms with E-state index in [0.29, 0.717) is 0 Å². The summed E-state index contributed by atoms with van der Waals surface area (Å²) in [6, 6.07) is 48.7. The van der Waals surface area contributed by atoms with Crippen molar-refractivity contribution in [3.63, 3.8) is 0 Å². The molecule has 3 aromatic heterocycles. The van der Waals surface area contributed by atoms with Crippen LogP contribution in [-0.2, 0) is 0 Å². The lowest BCUT2D eigenvalue weighted by molar-refractivity contribution is 1.08. The lowest BCUT2D eigenvalue weighted by atomic mass is 10.1. The van der Waals surface area contributed by atoms with Gasteiger partial charge in [-0.3, -0.25) is 4.57 Å². The summed E-state index contributed by atoms with van der Waals surface area (Å²) in [6.07, 6.45) is 1.88. The van der Waals surface area contributed by atoms with Crippen LogP contribution in [0.25, 0.3) is 66.9 Å². The maximum atomic E-state index is 5.19. The highest BCUT2D eigenvalue weighted by atomic mass is 15.1. The van der Waals surface area contributed by atoms with Crippen molar-refractivity contribution in [3.05, 3.63) is 146 Å². The molecule has 0 N–H and O–H groups in total. The van der Waals surface area contributed by atoms with Crippen LogP contribution in [0.3, 0.4) is 0 Å². The Kier molecular flexibility index (Phi) is 5.10. The second-order valence-corrected chi connectivity index (χ2v) is 9.92. The van der Waals surface area contributed by atoms with Crippen molar-refractivity contribution in [2.75, 3.05) is 0 Å². The topological polar surface area (TPSA) is 35.6 Å². The van der Waals surface area contributed by atoms with Crippen molar-refractivity contribution in [2.24, 2.45) is 0 Å². The summed E-state index contributed by atoms with van der Waals surface area (Å²) in [5.41, 5.74) is 9.52. The Balaban J connectivity index is 1.31. The number of hydrogen-bond donors (Lipinski definition) is 0. The zero-order valence-electron chi connectivity index (χ0n) is 21.6. The molecule has 0 saturated carbocycles. The number of rotatable bonds is 4. The Morgan fingerprint density at radius 3 is 1.70 bits per heavy atom. The van der Waals surface area contributed by atoms with E-state index in [9.17, 15) is 0 Å². The second kappa shape index (κ2) is 9.07. The first-order valence-corrected chi connectivity index (χ1v) is 13.4. The Hall–Kier alpha value is -5.48. The third-order valence-corrected chi connectivity index (χ3v) is 7.61. The Labute approximate surface area is 231 Å². The average molecular weight is 513 g/mol. The molecule has 0 radical (unpaired) electrons. The van der Waals surface area contributed by atoms with Crippen molar-refractivity contribution in [1.29, 1.82) is 0 Å². The lowest BCUT2D eigenvalue weighted by Crippen LogP contribution is -1.98. The predicted octanol–water partition coefficient (Wildman–Crippen LogP) is 8.85. The highest BCUT2D eigenvalue weighted by Crippen LogP contribution is 2.35. The Morgan fingerprint density at radius 2 is 1.02 bits per heavy atom. The van der Waals surface area contributed by atoms with Gasteiger partial charge < -0.3 is 4.57 Å². The maximum Gasteiger partial charge on any atom is 0.165 e. The number of pyridine rings is 1. The van der Waals surface area contributed by atoms with Crippen molar-refractivity contribution in [3.8, 4) is 33.9 Å². The van der Waals surface area contributed by atoms with E-state index in [1.807, 2.05) is 42.6 Å². The van der Waals surface area contributed by atoms with Gasteiger partial charge in [0.2, 0.25) is 0 Å². The summed E-state index contributed by atoms with van der Waals surface area (Å²) in [7, 11) is 0. The minimum Gasteiger partial charge on any atom is -0.309 e. The molecule has 0 unspecified atom stereocenters. The van der Waals surface area contributed by atoms with Crippen molar-refractivity contribution >= 4 is 33.0 Å². The molecule has 0 aliphatic heterocycles.